The third-order valence-electron chi connectivity index (χ3n) is 9.79. The van der Waals surface area contributed by atoms with E-state index in [2.05, 4.69) is 106 Å². The second kappa shape index (κ2) is 11.9. The molecule has 0 fully saturated rings. The van der Waals surface area contributed by atoms with Crippen LogP contribution < -0.4 is 0 Å². The summed E-state index contributed by atoms with van der Waals surface area (Å²) in [6, 6.07) is 60.3. The fraction of sp³-hybridized carbons (Fsp3) is 0. The van der Waals surface area contributed by atoms with Crippen LogP contribution in [0.15, 0.2) is 170 Å². The zero-order valence-corrected chi connectivity index (χ0v) is 27.8. The van der Waals surface area contributed by atoms with Crippen LogP contribution in [-0.2, 0) is 0 Å². The first-order chi connectivity index (χ1) is 25.7. The summed E-state index contributed by atoms with van der Waals surface area (Å²) in [6.45, 7) is 0. The predicted molar refractivity (Wildman–Crippen MR) is 210 cm³/mol. The number of aromatic nitrogens is 5. The van der Waals surface area contributed by atoms with E-state index in [0.29, 0.717) is 23.0 Å². The number of fused-ring (bicyclic) bond motifs is 7. The highest BCUT2D eigenvalue weighted by Gasteiger charge is 2.21. The summed E-state index contributed by atoms with van der Waals surface area (Å²) in [5.74, 6) is 1.86. The van der Waals surface area contributed by atoms with Crippen LogP contribution in [-0.4, -0.2) is 24.1 Å². The third-order valence-corrected chi connectivity index (χ3v) is 9.79. The van der Waals surface area contributed by atoms with E-state index in [0.717, 1.165) is 66.3 Å². The Morgan fingerprint density at radius 2 is 0.923 bits per heavy atom. The molecule has 6 nitrogen and oxygen atoms in total. The first kappa shape index (κ1) is 29.5. The van der Waals surface area contributed by atoms with Gasteiger partial charge in [-0.3, -0.25) is 0 Å². The molecule has 0 radical (unpaired) electrons. The van der Waals surface area contributed by atoms with E-state index in [1.165, 1.54) is 5.39 Å². The third kappa shape index (κ3) is 4.68. The van der Waals surface area contributed by atoms with Gasteiger partial charge in [0.2, 0.25) is 0 Å². The topological polar surface area (TPSA) is 72.3 Å². The van der Waals surface area contributed by atoms with Crippen LogP contribution >= 0.6 is 0 Å². The highest BCUT2D eigenvalue weighted by Crippen LogP contribution is 2.42. The maximum Gasteiger partial charge on any atom is 0.164 e. The van der Waals surface area contributed by atoms with Crippen LogP contribution in [0.4, 0.5) is 0 Å². The number of para-hydroxylation sites is 2. The SMILES string of the molecule is N#Cc1ccc2c(c1)c1ccc3c(c4ccccc4n3-c3ccccc3)c1n2-c1ccc(-c2nc(-c3ccccc3)nc(-c3ccccc3)n2)cc1. The molecule has 10 rings (SSSR count). The standard InChI is InChI=1S/C46H28N6/c47-29-30-20-26-40-38(28-30)36-25-27-41-42(37-18-10-11-19-39(37)51(41)34-16-8-3-9-17-34)43(36)52(40)35-23-21-33(22-24-35)46-49-44(31-12-4-1-5-13-31)48-45(50-46)32-14-6-2-7-15-32/h1-28H. The molecular formula is C46H28N6. The molecule has 0 saturated heterocycles. The van der Waals surface area contributed by atoms with Gasteiger partial charge in [0, 0.05) is 49.6 Å². The van der Waals surface area contributed by atoms with Crippen molar-refractivity contribution in [1.82, 2.24) is 24.1 Å². The first-order valence-electron chi connectivity index (χ1n) is 17.2. The van der Waals surface area contributed by atoms with Crippen molar-refractivity contribution in [3.05, 3.63) is 175 Å². The highest BCUT2D eigenvalue weighted by atomic mass is 15.0. The van der Waals surface area contributed by atoms with E-state index in [1.54, 1.807) is 0 Å². The van der Waals surface area contributed by atoms with Crippen LogP contribution in [0.2, 0.25) is 0 Å². The van der Waals surface area contributed by atoms with Gasteiger partial charge in [0.05, 0.1) is 33.7 Å². The van der Waals surface area contributed by atoms with Crippen molar-refractivity contribution < 1.29 is 0 Å². The summed E-state index contributed by atoms with van der Waals surface area (Å²) in [5, 5.41) is 14.3. The number of hydrogen-bond donors (Lipinski definition) is 0. The van der Waals surface area contributed by atoms with Crippen molar-refractivity contribution in [3.63, 3.8) is 0 Å². The average Bonchev–Trinajstić information content (AvgIpc) is 3.74. The van der Waals surface area contributed by atoms with Crippen LogP contribution in [0.1, 0.15) is 5.56 Å². The fourth-order valence-electron chi connectivity index (χ4n) is 7.45. The van der Waals surface area contributed by atoms with Gasteiger partial charge in [0.1, 0.15) is 0 Å². The molecule has 0 N–H and O–H groups in total. The normalized spacial score (nSPS) is 11.4. The molecule has 0 unspecified atom stereocenters. The number of benzene rings is 7. The highest BCUT2D eigenvalue weighted by molar-refractivity contribution is 6.26. The Morgan fingerprint density at radius 1 is 0.404 bits per heavy atom. The van der Waals surface area contributed by atoms with Gasteiger partial charge in [0.25, 0.3) is 0 Å². The monoisotopic (exact) mass is 664 g/mol. The molecule has 0 aliphatic rings. The van der Waals surface area contributed by atoms with E-state index in [9.17, 15) is 5.26 Å². The maximum atomic E-state index is 9.88. The largest absolute Gasteiger partial charge is 0.309 e. The van der Waals surface area contributed by atoms with Crippen molar-refractivity contribution in [2.24, 2.45) is 0 Å². The lowest BCUT2D eigenvalue weighted by atomic mass is 10.1. The summed E-state index contributed by atoms with van der Waals surface area (Å²) in [7, 11) is 0. The van der Waals surface area contributed by atoms with Crippen LogP contribution in [0.3, 0.4) is 0 Å². The molecule has 0 amide bonds. The molecule has 7 aromatic carbocycles. The molecule has 0 atom stereocenters. The molecular weight excluding hydrogens is 637 g/mol. The van der Waals surface area contributed by atoms with E-state index < -0.39 is 0 Å². The maximum absolute atomic E-state index is 9.88. The van der Waals surface area contributed by atoms with Crippen molar-refractivity contribution in [2.75, 3.05) is 0 Å². The number of hydrogen-bond acceptors (Lipinski definition) is 4. The second-order valence-electron chi connectivity index (χ2n) is 12.8. The lowest BCUT2D eigenvalue weighted by Crippen LogP contribution is -2.00. The summed E-state index contributed by atoms with van der Waals surface area (Å²) >= 11 is 0. The molecule has 0 aliphatic heterocycles. The molecule has 0 spiro atoms. The Morgan fingerprint density at radius 3 is 1.56 bits per heavy atom. The van der Waals surface area contributed by atoms with Crippen molar-refractivity contribution in [1.29, 1.82) is 5.26 Å². The molecule has 0 bridgehead atoms. The van der Waals surface area contributed by atoms with Crippen LogP contribution in [0, 0.1) is 11.3 Å². The van der Waals surface area contributed by atoms with Gasteiger partial charge in [-0.25, -0.2) is 15.0 Å². The molecule has 10 aromatic rings. The van der Waals surface area contributed by atoms with Gasteiger partial charge in [-0.2, -0.15) is 5.26 Å². The van der Waals surface area contributed by atoms with Crippen LogP contribution in [0.25, 0.3) is 89.2 Å². The first-order valence-corrected chi connectivity index (χ1v) is 17.2. The summed E-state index contributed by atoms with van der Waals surface area (Å²) < 4.78 is 4.67. The molecule has 52 heavy (non-hydrogen) atoms. The quantitative estimate of drug-likeness (QED) is 0.184. The lowest BCUT2D eigenvalue weighted by Gasteiger charge is -2.12. The van der Waals surface area contributed by atoms with Gasteiger partial charge in [-0.1, -0.05) is 103 Å². The molecule has 0 saturated carbocycles. The van der Waals surface area contributed by atoms with Crippen molar-refractivity contribution in [3.8, 4) is 51.6 Å². The van der Waals surface area contributed by atoms with E-state index >= 15 is 0 Å². The number of rotatable bonds is 5. The molecule has 3 heterocycles. The second-order valence-corrected chi connectivity index (χ2v) is 12.8. The molecule has 242 valence electrons. The van der Waals surface area contributed by atoms with Crippen molar-refractivity contribution in [2.45, 2.75) is 0 Å². The lowest BCUT2D eigenvalue weighted by molar-refractivity contribution is 1.07. The van der Waals surface area contributed by atoms with Crippen molar-refractivity contribution >= 4 is 43.6 Å². The molecule has 6 heteroatoms. The Kier molecular flexibility index (Phi) is 6.76. The summed E-state index contributed by atoms with van der Waals surface area (Å²) in [6.07, 6.45) is 0. The average molecular weight is 665 g/mol. The van der Waals surface area contributed by atoms with Gasteiger partial charge in [0.15, 0.2) is 17.5 Å². The minimum atomic E-state index is 0.605. The predicted octanol–water partition coefficient (Wildman–Crippen LogP) is 10.9. The zero-order chi connectivity index (χ0) is 34.6. The minimum absolute atomic E-state index is 0.605. The molecule has 0 aliphatic carbocycles. The summed E-state index contributed by atoms with van der Waals surface area (Å²) in [4.78, 5) is 14.8. The number of nitrogens with zero attached hydrogens (tertiary/aromatic N) is 6. The smallest absolute Gasteiger partial charge is 0.164 e. The molecule has 3 aromatic heterocycles. The zero-order valence-electron chi connectivity index (χ0n) is 27.8. The fourth-order valence-corrected chi connectivity index (χ4v) is 7.45. The minimum Gasteiger partial charge on any atom is -0.309 e. The van der Waals surface area contributed by atoms with E-state index in [4.69, 9.17) is 15.0 Å². The Balaban J connectivity index is 1.21. The van der Waals surface area contributed by atoms with Gasteiger partial charge in [-0.05, 0) is 66.7 Å². The van der Waals surface area contributed by atoms with Gasteiger partial charge in [-0.15, -0.1) is 0 Å². The number of nitriles is 1. The Hall–Kier alpha value is -7.36. The van der Waals surface area contributed by atoms with Crippen LogP contribution in [0.5, 0.6) is 0 Å². The summed E-state index contributed by atoms with van der Waals surface area (Å²) in [5.41, 5.74) is 9.87. The van der Waals surface area contributed by atoms with Gasteiger partial charge < -0.3 is 9.13 Å². The Bertz CT molecular complexity index is 2930. The van der Waals surface area contributed by atoms with E-state index in [1.807, 2.05) is 78.9 Å². The van der Waals surface area contributed by atoms with Gasteiger partial charge >= 0.3 is 0 Å². The Labute approximate surface area is 299 Å². The van der Waals surface area contributed by atoms with E-state index in [-0.39, 0.29) is 0 Å².